The van der Waals surface area contributed by atoms with Crippen LogP contribution in [0.25, 0.3) is 0 Å². The molecule has 0 aromatic heterocycles. The SMILES string of the molecule is CC(C)(O)CCc1ccc(C(=O)N2Cc3ccccc3C(O)C2)cc1. The van der Waals surface area contributed by atoms with Gasteiger partial charge < -0.3 is 15.1 Å². The van der Waals surface area contributed by atoms with Crippen molar-refractivity contribution in [3.63, 3.8) is 0 Å². The topological polar surface area (TPSA) is 60.8 Å². The molecule has 1 atom stereocenters. The van der Waals surface area contributed by atoms with Crippen molar-refractivity contribution in [1.82, 2.24) is 4.90 Å². The molecular weight excluding hydrogens is 314 g/mol. The van der Waals surface area contributed by atoms with Crippen LogP contribution in [0.4, 0.5) is 0 Å². The summed E-state index contributed by atoms with van der Waals surface area (Å²) in [6.45, 7) is 4.43. The summed E-state index contributed by atoms with van der Waals surface area (Å²) in [4.78, 5) is 14.5. The van der Waals surface area contributed by atoms with E-state index in [1.807, 2.05) is 48.5 Å². The van der Waals surface area contributed by atoms with Crippen molar-refractivity contribution in [3.05, 3.63) is 70.8 Å². The summed E-state index contributed by atoms with van der Waals surface area (Å²) in [6, 6.07) is 15.2. The molecule has 1 aliphatic rings. The zero-order valence-electron chi connectivity index (χ0n) is 14.8. The molecule has 0 fully saturated rings. The van der Waals surface area contributed by atoms with Crippen LogP contribution in [-0.4, -0.2) is 33.2 Å². The first-order valence-electron chi connectivity index (χ1n) is 8.70. The van der Waals surface area contributed by atoms with E-state index in [2.05, 4.69) is 0 Å². The van der Waals surface area contributed by atoms with Crippen molar-refractivity contribution < 1.29 is 15.0 Å². The number of rotatable bonds is 4. The highest BCUT2D eigenvalue weighted by molar-refractivity contribution is 5.94. The van der Waals surface area contributed by atoms with E-state index in [-0.39, 0.29) is 5.91 Å². The molecule has 0 saturated heterocycles. The van der Waals surface area contributed by atoms with E-state index in [0.29, 0.717) is 25.1 Å². The summed E-state index contributed by atoms with van der Waals surface area (Å²) in [5.41, 5.74) is 2.94. The van der Waals surface area contributed by atoms with E-state index < -0.39 is 11.7 Å². The lowest BCUT2D eigenvalue weighted by Gasteiger charge is -2.32. The average Bonchev–Trinajstić information content (AvgIpc) is 2.59. The largest absolute Gasteiger partial charge is 0.390 e. The fourth-order valence-corrected chi connectivity index (χ4v) is 3.18. The first-order chi connectivity index (χ1) is 11.8. The van der Waals surface area contributed by atoms with Crippen molar-refractivity contribution in [1.29, 1.82) is 0 Å². The molecule has 1 heterocycles. The third-order valence-electron chi connectivity index (χ3n) is 4.68. The highest BCUT2D eigenvalue weighted by Crippen LogP contribution is 2.27. The number of amides is 1. The quantitative estimate of drug-likeness (QED) is 0.900. The van der Waals surface area contributed by atoms with Crippen LogP contribution < -0.4 is 0 Å². The fourth-order valence-electron chi connectivity index (χ4n) is 3.18. The summed E-state index contributed by atoms with van der Waals surface area (Å²) in [5, 5.41) is 20.1. The van der Waals surface area contributed by atoms with Gasteiger partial charge in [-0.15, -0.1) is 0 Å². The molecule has 1 amide bonds. The van der Waals surface area contributed by atoms with Crippen LogP contribution in [-0.2, 0) is 13.0 Å². The van der Waals surface area contributed by atoms with Crippen molar-refractivity contribution in [2.45, 2.75) is 44.9 Å². The van der Waals surface area contributed by atoms with E-state index in [0.717, 1.165) is 23.1 Å². The van der Waals surface area contributed by atoms with Crippen LogP contribution in [0, 0.1) is 0 Å². The van der Waals surface area contributed by atoms with Crippen molar-refractivity contribution in [3.8, 4) is 0 Å². The number of β-amino-alcohol motifs (C(OH)–C–C–N with tert-alkyl or cyclic N) is 1. The number of benzene rings is 2. The summed E-state index contributed by atoms with van der Waals surface area (Å²) >= 11 is 0. The molecule has 4 nitrogen and oxygen atoms in total. The molecule has 0 spiro atoms. The molecule has 25 heavy (non-hydrogen) atoms. The van der Waals surface area contributed by atoms with Crippen molar-refractivity contribution >= 4 is 5.91 Å². The van der Waals surface area contributed by atoms with E-state index in [4.69, 9.17) is 0 Å². The maximum absolute atomic E-state index is 12.8. The number of carbonyl (C=O) groups is 1. The van der Waals surface area contributed by atoms with E-state index in [1.54, 1.807) is 18.7 Å². The number of fused-ring (bicyclic) bond motifs is 1. The van der Waals surface area contributed by atoms with Crippen LogP contribution in [0.1, 0.15) is 53.4 Å². The van der Waals surface area contributed by atoms with Gasteiger partial charge in [0.15, 0.2) is 0 Å². The predicted octanol–water partition coefficient (Wildman–Crippen LogP) is 3.08. The Hall–Kier alpha value is -2.17. The number of hydrogen-bond acceptors (Lipinski definition) is 3. The summed E-state index contributed by atoms with van der Waals surface area (Å²) in [5.74, 6) is -0.0670. The molecule has 0 bridgehead atoms. The van der Waals surface area contributed by atoms with E-state index in [9.17, 15) is 15.0 Å². The first-order valence-corrected chi connectivity index (χ1v) is 8.70. The number of nitrogens with zero attached hydrogens (tertiary/aromatic N) is 1. The number of aliphatic hydroxyl groups is 2. The molecular formula is C21H25NO3. The second kappa shape index (κ2) is 6.98. The zero-order chi connectivity index (χ0) is 18.0. The lowest BCUT2D eigenvalue weighted by Crippen LogP contribution is -2.38. The van der Waals surface area contributed by atoms with Gasteiger partial charge in [0.1, 0.15) is 0 Å². The smallest absolute Gasteiger partial charge is 0.254 e. The minimum Gasteiger partial charge on any atom is -0.390 e. The van der Waals surface area contributed by atoms with Crippen LogP contribution >= 0.6 is 0 Å². The molecule has 4 heteroatoms. The summed E-state index contributed by atoms with van der Waals surface area (Å²) < 4.78 is 0. The number of aliphatic hydroxyl groups excluding tert-OH is 1. The van der Waals surface area contributed by atoms with E-state index in [1.165, 1.54) is 0 Å². The summed E-state index contributed by atoms with van der Waals surface area (Å²) in [6.07, 6.45) is 0.809. The van der Waals surface area contributed by atoms with Gasteiger partial charge in [-0.2, -0.15) is 0 Å². The second-order valence-electron chi connectivity index (χ2n) is 7.41. The average molecular weight is 339 g/mol. The molecule has 2 aromatic rings. The Balaban J connectivity index is 1.69. The summed E-state index contributed by atoms with van der Waals surface area (Å²) in [7, 11) is 0. The fraction of sp³-hybridized carbons (Fsp3) is 0.381. The lowest BCUT2D eigenvalue weighted by atomic mass is 9.96. The highest BCUT2D eigenvalue weighted by Gasteiger charge is 2.27. The number of aryl methyl sites for hydroxylation is 1. The van der Waals surface area contributed by atoms with Gasteiger partial charge in [0, 0.05) is 12.1 Å². The van der Waals surface area contributed by atoms with Crippen molar-refractivity contribution in [2.75, 3.05) is 6.54 Å². The molecule has 0 saturated carbocycles. The molecule has 3 rings (SSSR count). The van der Waals surface area contributed by atoms with E-state index >= 15 is 0 Å². The Morgan fingerprint density at radius 1 is 1.16 bits per heavy atom. The third-order valence-corrected chi connectivity index (χ3v) is 4.68. The van der Waals surface area contributed by atoms with Gasteiger partial charge in [-0.3, -0.25) is 4.79 Å². The lowest BCUT2D eigenvalue weighted by molar-refractivity contribution is 0.0549. The maximum Gasteiger partial charge on any atom is 0.254 e. The Bertz CT molecular complexity index is 746. The zero-order valence-corrected chi connectivity index (χ0v) is 14.8. The minimum atomic E-state index is -0.689. The highest BCUT2D eigenvalue weighted by atomic mass is 16.3. The number of carbonyl (C=O) groups excluding carboxylic acids is 1. The Labute approximate surface area is 148 Å². The Morgan fingerprint density at radius 3 is 2.52 bits per heavy atom. The molecule has 0 radical (unpaired) electrons. The minimum absolute atomic E-state index is 0.0670. The normalized spacial score (nSPS) is 17.3. The standard InChI is InChI=1S/C21H25NO3/c1-21(2,25)12-11-15-7-9-16(10-8-15)20(24)22-13-17-5-3-4-6-18(17)19(23)14-22/h3-10,19,23,25H,11-14H2,1-2H3. The first kappa shape index (κ1) is 17.6. The van der Waals surface area contributed by atoms with Crippen LogP contribution in [0.5, 0.6) is 0 Å². The number of hydrogen-bond donors (Lipinski definition) is 2. The molecule has 2 aromatic carbocycles. The molecule has 1 aliphatic heterocycles. The monoisotopic (exact) mass is 339 g/mol. The second-order valence-corrected chi connectivity index (χ2v) is 7.41. The molecule has 132 valence electrons. The Morgan fingerprint density at radius 2 is 1.84 bits per heavy atom. The predicted molar refractivity (Wildman–Crippen MR) is 97.2 cm³/mol. The van der Waals surface area contributed by atoms with Crippen molar-refractivity contribution in [2.24, 2.45) is 0 Å². The third kappa shape index (κ3) is 4.27. The Kier molecular flexibility index (Phi) is 4.93. The van der Waals surface area contributed by atoms with Gasteiger partial charge in [-0.05, 0) is 55.5 Å². The maximum atomic E-state index is 12.8. The molecule has 2 N–H and O–H groups in total. The van der Waals surface area contributed by atoms with Gasteiger partial charge in [-0.1, -0.05) is 36.4 Å². The van der Waals surface area contributed by atoms with Crippen LogP contribution in [0.15, 0.2) is 48.5 Å². The van der Waals surface area contributed by atoms with Gasteiger partial charge in [0.05, 0.1) is 18.2 Å². The molecule has 0 aliphatic carbocycles. The van der Waals surface area contributed by atoms with Gasteiger partial charge in [-0.25, -0.2) is 0 Å². The molecule has 1 unspecified atom stereocenters. The van der Waals surface area contributed by atoms with Gasteiger partial charge in [0.25, 0.3) is 5.91 Å². The van der Waals surface area contributed by atoms with Crippen LogP contribution in [0.2, 0.25) is 0 Å². The van der Waals surface area contributed by atoms with Gasteiger partial charge >= 0.3 is 0 Å². The van der Waals surface area contributed by atoms with Gasteiger partial charge in [0.2, 0.25) is 0 Å². The van der Waals surface area contributed by atoms with Crippen LogP contribution in [0.3, 0.4) is 0 Å².